The van der Waals surface area contributed by atoms with E-state index < -0.39 is 5.97 Å². The van der Waals surface area contributed by atoms with Crippen molar-refractivity contribution in [2.24, 2.45) is 5.92 Å². The van der Waals surface area contributed by atoms with Crippen molar-refractivity contribution in [3.63, 3.8) is 0 Å². The minimum absolute atomic E-state index is 0.0963. The van der Waals surface area contributed by atoms with E-state index in [0.717, 1.165) is 11.4 Å². The summed E-state index contributed by atoms with van der Waals surface area (Å²) in [6.07, 6.45) is 1.01. The summed E-state index contributed by atoms with van der Waals surface area (Å²) < 4.78 is 0. The zero-order chi connectivity index (χ0) is 11.3. The van der Waals surface area contributed by atoms with Gasteiger partial charge in [-0.25, -0.2) is 0 Å². The van der Waals surface area contributed by atoms with Crippen LogP contribution in [-0.2, 0) is 11.2 Å². The maximum atomic E-state index is 10.3. The number of carboxylic acids is 1. The molecule has 6 heteroatoms. The number of aliphatic carboxylic acids is 1. The van der Waals surface area contributed by atoms with E-state index in [4.69, 9.17) is 5.11 Å². The van der Waals surface area contributed by atoms with E-state index in [2.05, 4.69) is 29.4 Å². The molecule has 0 fully saturated rings. The first-order chi connectivity index (χ1) is 7.08. The first-order valence-electron chi connectivity index (χ1n) is 4.86. The lowest BCUT2D eigenvalue weighted by molar-refractivity contribution is -0.136. The van der Waals surface area contributed by atoms with Crippen molar-refractivity contribution >= 4 is 22.4 Å². The van der Waals surface area contributed by atoms with Crippen LogP contribution in [-0.4, -0.2) is 27.8 Å². The molecule has 1 aromatic rings. The van der Waals surface area contributed by atoms with E-state index in [9.17, 15) is 4.79 Å². The van der Waals surface area contributed by atoms with Crippen molar-refractivity contribution in [3.05, 3.63) is 5.01 Å². The second kappa shape index (κ2) is 5.65. The summed E-state index contributed by atoms with van der Waals surface area (Å²) in [6, 6.07) is 0. The van der Waals surface area contributed by atoms with Crippen LogP contribution in [0.15, 0.2) is 0 Å². The molecule has 0 radical (unpaired) electrons. The fraction of sp³-hybridized carbons (Fsp3) is 0.667. The average molecular weight is 229 g/mol. The van der Waals surface area contributed by atoms with Crippen LogP contribution in [0.3, 0.4) is 0 Å². The quantitative estimate of drug-likeness (QED) is 0.775. The lowest BCUT2D eigenvalue weighted by atomic mass is 10.1. The summed E-state index contributed by atoms with van der Waals surface area (Å²) in [7, 11) is 0. The minimum Gasteiger partial charge on any atom is -0.481 e. The van der Waals surface area contributed by atoms with Crippen molar-refractivity contribution in [2.75, 3.05) is 11.9 Å². The van der Waals surface area contributed by atoms with Crippen molar-refractivity contribution < 1.29 is 9.90 Å². The van der Waals surface area contributed by atoms with Crippen molar-refractivity contribution in [1.29, 1.82) is 0 Å². The molecule has 0 aliphatic heterocycles. The normalized spacial score (nSPS) is 10.6. The summed E-state index contributed by atoms with van der Waals surface area (Å²) in [5.41, 5.74) is 0. The molecule has 0 amide bonds. The standard InChI is InChI=1S/C9H15N3O2S/c1-6(2)5-7-11-12-9(15-7)10-4-3-8(13)14/h6H,3-5H2,1-2H3,(H,10,12)(H,13,14). The molecular formula is C9H15N3O2S. The van der Waals surface area contributed by atoms with Crippen LogP contribution >= 0.6 is 11.3 Å². The number of rotatable bonds is 6. The predicted molar refractivity (Wildman–Crippen MR) is 59.2 cm³/mol. The number of nitrogens with one attached hydrogen (secondary N) is 1. The van der Waals surface area contributed by atoms with Crippen molar-refractivity contribution in [3.8, 4) is 0 Å². The molecule has 15 heavy (non-hydrogen) atoms. The molecule has 5 nitrogen and oxygen atoms in total. The van der Waals surface area contributed by atoms with E-state index in [1.807, 2.05) is 0 Å². The third-order valence-corrected chi connectivity index (χ3v) is 2.57. The Hall–Kier alpha value is -1.17. The summed E-state index contributed by atoms with van der Waals surface area (Å²) in [5, 5.41) is 21.0. The topological polar surface area (TPSA) is 75.1 Å². The molecule has 0 aliphatic carbocycles. The van der Waals surface area contributed by atoms with Crippen LogP contribution in [0.1, 0.15) is 25.3 Å². The first kappa shape index (κ1) is 11.9. The summed E-state index contributed by atoms with van der Waals surface area (Å²) >= 11 is 1.49. The zero-order valence-electron chi connectivity index (χ0n) is 8.86. The van der Waals surface area contributed by atoms with Gasteiger partial charge in [0.05, 0.1) is 6.42 Å². The van der Waals surface area contributed by atoms with Crippen molar-refractivity contribution in [1.82, 2.24) is 10.2 Å². The largest absolute Gasteiger partial charge is 0.481 e. The van der Waals surface area contributed by atoms with Crippen LogP contribution in [0, 0.1) is 5.92 Å². The van der Waals surface area contributed by atoms with Gasteiger partial charge in [-0.3, -0.25) is 4.79 Å². The monoisotopic (exact) mass is 229 g/mol. The van der Waals surface area contributed by atoms with E-state index >= 15 is 0 Å². The molecule has 0 atom stereocenters. The van der Waals surface area contributed by atoms with E-state index in [1.54, 1.807) is 0 Å². The molecule has 0 saturated heterocycles. The van der Waals surface area contributed by atoms with Gasteiger partial charge in [-0.2, -0.15) is 0 Å². The maximum absolute atomic E-state index is 10.3. The summed E-state index contributed by atoms with van der Waals surface area (Å²) in [4.78, 5) is 10.3. The van der Waals surface area contributed by atoms with Gasteiger partial charge >= 0.3 is 5.97 Å². The third kappa shape index (κ3) is 4.73. The number of hydrogen-bond acceptors (Lipinski definition) is 5. The molecule has 0 aliphatic rings. The molecule has 0 aromatic carbocycles. The maximum Gasteiger partial charge on any atom is 0.305 e. The van der Waals surface area contributed by atoms with Crippen LogP contribution in [0.2, 0.25) is 0 Å². The number of carboxylic acid groups (broad SMARTS) is 1. The van der Waals surface area contributed by atoms with Gasteiger partial charge in [-0.05, 0) is 5.92 Å². The van der Waals surface area contributed by atoms with Gasteiger partial charge in [0.1, 0.15) is 5.01 Å². The molecule has 0 unspecified atom stereocenters. The smallest absolute Gasteiger partial charge is 0.305 e. The molecule has 0 bridgehead atoms. The zero-order valence-corrected chi connectivity index (χ0v) is 9.67. The minimum atomic E-state index is -0.811. The molecule has 1 aromatic heterocycles. The van der Waals surface area contributed by atoms with Gasteiger partial charge in [-0.1, -0.05) is 25.2 Å². The number of hydrogen-bond donors (Lipinski definition) is 2. The fourth-order valence-corrected chi connectivity index (χ4v) is 2.01. The van der Waals surface area contributed by atoms with Gasteiger partial charge in [0, 0.05) is 13.0 Å². The van der Waals surface area contributed by atoms with Crippen LogP contribution in [0.5, 0.6) is 0 Å². The summed E-state index contributed by atoms with van der Waals surface area (Å²) in [5.74, 6) is -0.251. The SMILES string of the molecule is CC(C)Cc1nnc(NCCC(=O)O)s1. The Balaban J connectivity index is 2.36. The Morgan fingerprint density at radius 1 is 1.53 bits per heavy atom. The van der Waals surface area contributed by atoms with Gasteiger partial charge in [0.25, 0.3) is 0 Å². The number of anilines is 1. The lowest BCUT2D eigenvalue weighted by Crippen LogP contribution is -2.07. The summed E-state index contributed by atoms with van der Waals surface area (Å²) in [6.45, 7) is 4.64. The van der Waals surface area contributed by atoms with E-state index in [0.29, 0.717) is 17.6 Å². The second-order valence-electron chi connectivity index (χ2n) is 3.67. The third-order valence-electron chi connectivity index (χ3n) is 1.66. The molecule has 1 rings (SSSR count). The highest BCUT2D eigenvalue weighted by Gasteiger charge is 2.06. The van der Waals surface area contributed by atoms with E-state index in [1.165, 1.54) is 11.3 Å². The Kier molecular flexibility index (Phi) is 4.48. The van der Waals surface area contributed by atoms with Gasteiger partial charge in [0.2, 0.25) is 5.13 Å². The van der Waals surface area contributed by atoms with Crippen LogP contribution in [0.4, 0.5) is 5.13 Å². The van der Waals surface area contributed by atoms with Gasteiger partial charge in [-0.15, -0.1) is 10.2 Å². The Labute approximate surface area is 92.5 Å². The molecule has 0 saturated carbocycles. The number of carbonyl (C=O) groups is 1. The molecular weight excluding hydrogens is 214 g/mol. The molecule has 2 N–H and O–H groups in total. The Bertz CT molecular complexity index is 325. The Morgan fingerprint density at radius 3 is 2.87 bits per heavy atom. The predicted octanol–water partition coefficient (Wildman–Crippen LogP) is 1.62. The second-order valence-corrected chi connectivity index (χ2v) is 4.73. The van der Waals surface area contributed by atoms with Crippen LogP contribution in [0.25, 0.3) is 0 Å². The highest BCUT2D eigenvalue weighted by molar-refractivity contribution is 7.15. The molecule has 84 valence electrons. The Morgan fingerprint density at radius 2 is 2.27 bits per heavy atom. The fourth-order valence-electron chi connectivity index (χ4n) is 1.03. The highest BCUT2D eigenvalue weighted by atomic mass is 32.1. The first-order valence-corrected chi connectivity index (χ1v) is 5.67. The van der Waals surface area contributed by atoms with Crippen LogP contribution < -0.4 is 5.32 Å². The van der Waals surface area contributed by atoms with Gasteiger partial charge < -0.3 is 10.4 Å². The average Bonchev–Trinajstić information content (AvgIpc) is 2.50. The molecule has 1 heterocycles. The lowest BCUT2D eigenvalue weighted by Gasteiger charge is -1.98. The van der Waals surface area contributed by atoms with Gasteiger partial charge in [0.15, 0.2) is 0 Å². The number of nitrogens with zero attached hydrogens (tertiary/aromatic N) is 2. The molecule has 0 spiro atoms. The van der Waals surface area contributed by atoms with E-state index in [-0.39, 0.29) is 6.42 Å². The van der Waals surface area contributed by atoms with Crippen molar-refractivity contribution in [2.45, 2.75) is 26.7 Å². The number of aromatic nitrogens is 2. The highest BCUT2D eigenvalue weighted by Crippen LogP contribution is 2.17.